The lowest BCUT2D eigenvalue weighted by atomic mass is 10.1. The first-order valence-corrected chi connectivity index (χ1v) is 6.67. The molecule has 1 aromatic heterocycles. The summed E-state index contributed by atoms with van der Waals surface area (Å²) < 4.78 is 4.30. The van der Waals surface area contributed by atoms with E-state index < -0.39 is 5.97 Å². The topological polar surface area (TPSA) is 63.1 Å². The molecule has 6 heteroatoms. The lowest BCUT2D eigenvalue weighted by molar-refractivity contribution is 0.0697. The van der Waals surface area contributed by atoms with E-state index in [4.69, 9.17) is 16.7 Å². The van der Waals surface area contributed by atoms with E-state index in [9.17, 15) is 4.79 Å². The van der Waals surface area contributed by atoms with Crippen molar-refractivity contribution in [1.29, 1.82) is 0 Å². The summed E-state index contributed by atoms with van der Waals surface area (Å²) in [5.74, 6) is 0.344. The first-order valence-electron chi connectivity index (χ1n) is 5.52. The van der Waals surface area contributed by atoms with Gasteiger partial charge in [0.15, 0.2) is 0 Å². The van der Waals surface area contributed by atoms with E-state index in [0.717, 1.165) is 29.2 Å². The molecule has 4 nitrogen and oxygen atoms in total. The minimum atomic E-state index is -1.03. The van der Waals surface area contributed by atoms with Gasteiger partial charge >= 0.3 is 5.97 Å². The zero-order valence-electron chi connectivity index (χ0n) is 9.26. The smallest absolute Gasteiger partial charge is 0.337 e. The van der Waals surface area contributed by atoms with Crippen LogP contribution in [0.5, 0.6) is 0 Å². The molecule has 0 aliphatic heterocycles. The molecule has 1 aliphatic rings. The third kappa shape index (κ3) is 2.11. The SMILES string of the molecule is O=C(O)c1cc(-c2nc(C3CC3)ns2)ccc1Cl. The number of carbonyl (C=O) groups is 1. The molecular formula is C12H9ClN2O2S. The first kappa shape index (κ1) is 11.6. The number of carboxylic acids is 1. The highest BCUT2D eigenvalue weighted by Gasteiger charge is 2.28. The fraction of sp³-hybridized carbons (Fsp3) is 0.250. The van der Waals surface area contributed by atoms with Gasteiger partial charge in [-0.3, -0.25) is 0 Å². The maximum absolute atomic E-state index is 11.0. The molecule has 0 atom stereocenters. The molecule has 0 radical (unpaired) electrons. The van der Waals surface area contributed by atoms with Crippen molar-refractivity contribution in [2.24, 2.45) is 0 Å². The molecule has 1 aromatic carbocycles. The minimum absolute atomic E-state index is 0.0948. The summed E-state index contributed by atoms with van der Waals surface area (Å²) in [6.45, 7) is 0. The van der Waals surface area contributed by atoms with Crippen LogP contribution in [0.4, 0.5) is 0 Å². The first-order chi connectivity index (χ1) is 8.65. The molecule has 0 spiro atoms. The van der Waals surface area contributed by atoms with E-state index in [1.165, 1.54) is 11.5 Å². The van der Waals surface area contributed by atoms with Crippen LogP contribution in [0.2, 0.25) is 5.02 Å². The third-order valence-electron chi connectivity index (χ3n) is 2.83. The number of nitrogens with zero attached hydrogens (tertiary/aromatic N) is 2. The van der Waals surface area contributed by atoms with Crippen molar-refractivity contribution < 1.29 is 9.90 Å². The van der Waals surface area contributed by atoms with Crippen molar-refractivity contribution >= 4 is 29.1 Å². The van der Waals surface area contributed by atoms with Gasteiger partial charge in [-0.2, -0.15) is 4.37 Å². The summed E-state index contributed by atoms with van der Waals surface area (Å²) in [5, 5.41) is 10.0. The number of carboxylic acid groups (broad SMARTS) is 1. The molecule has 3 rings (SSSR count). The highest BCUT2D eigenvalue weighted by molar-refractivity contribution is 7.09. The molecule has 92 valence electrons. The number of hydrogen-bond acceptors (Lipinski definition) is 4. The predicted molar refractivity (Wildman–Crippen MR) is 69.3 cm³/mol. The van der Waals surface area contributed by atoms with E-state index in [1.807, 2.05) is 0 Å². The van der Waals surface area contributed by atoms with Gasteiger partial charge in [0.2, 0.25) is 0 Å². The number of halogens is 1. The standard InChI is InChI=1S/C12H9ClN2O2S/c13-9-4-3-7(5-8(9)12(16)17)11-14-10(15-18-11)6-1-2-6/h3-6H,1-2H2,(H,16,17). The van der Waals surface area contributed by atoms with E-state index >= 15 is 0 Å². The van der Waals surface area contributed by atoms with Crippen LogP contribution in [0.25, 0.3) is 10.6 Å². The molecular weight excluding hydrogens is 272 g/mol. The Morgan fingerprint density at radius 2 is 2.22 bits per heavy atom. The van der Waals surface area contributed by atoms with Crippen LogP contribution in [-0.2, 0) is 0 Å². The molecule has 1 saturated carbocycles. The van der Waals surface area contributed by atoms with Crippen LogP contribution in [0.3, 0.4) is 0 Å². The monoisotopic (exact) mass is 280 g/mol. The van der Waals surface area contributed by atoms with Gasteiger partial charge in [-0.15, -0.1) is 0 Å². The number of aromatic nitrogens is 2. The Labute approximate surface area is 112 Å². The van der Waals surface area contributed by atoms with Crippen LogP contribution in [0.1, 0.15) is 34.9 Å². The van der Waals surface area contributed by atoms with Crippen LogP contribution >= 0.6 is 23.1 Å². The third-order valence-corrected chi connectivity index (χ3v) is 3.94. The van der Waals surface area contributed by atoms with Gasteiger partial charge in [0.25, 0.3) is 0 Å². The molecule has 0 unspecified atom stereocenters. The van der Waals surface area contributed by atoms with Crippen molar-refractivity contribution in [3.63, 3.8) is 0 Å². The van der Waals surface area contributed by atoms with Gasteiger partial charge in [-0.25, -0.2) is 9.78 Å². The highest BCUT2D eigenvalue weighted by Crippen LogP contribution is 2.40. The Balaban J connectivity index is 1.99. The largest absolute Gasteiger partial charge is 0.478 e. The Hall–Kier alpha value is -1.46. The Bertz CT molecular complexity index is 622. The minimum Gasteiger partial charge on any atom is -0.478 e. The lowest BCUT2D eigenvalue weighted by Crippen LogP contribution is -1.97. The molecule has 1 N–H and O–H groups in total. The van der Waals surface area contributed by atoms with Crippen molar-refractivity contribution in [2.75, 3.05) is 0 Å². The second-order valence-corrected chi connectivity index (χ2v) is 5.39. The number of benzene rings is 1. The van der Waals surface area contributed by atoms with Crippen molar-refractivity contribution in [1.82, 2.24) is 9.36 Å². The summed E-state index contributed by atoms with van der Waals surface area (Å²) >= 11 is 7.13. The lowest BCUT2D eigenvalue weighted by Gasteiger charge is -2.01. The van der Waals surface area contributed by atoms with Gasteiger partial charge in [-0.1, -0.05) is 17.7 Å². The van der Waals surface area contributed by atoms with Gasteiger partial charge in [0.05, 0.1) is 10.6 Å². The molecule has 1 heterocycles. The zero-order valence-corrected chi connectivity index (χ0v) is 10.8. The molecule has 18 heavy (non-hydrogen) atoms. The summed E-state index contributed by atoms with van der Waals surface area (Å²) in [6, 6.07) is 4.90. The average Bonchev–Trinajstić information content (AvgIpc) is 3.08. The van der Waals surface area contributed by atoms with E-state index in [-0.39, 0.29) is 10.6 Å². The maximum atomic E-state index is 11.0. The van der Waals surface area contributed by atoms with Crippen LogP contribution < -0.4 is 0 Å². The van der Waals surface area contributed by atoms with E-state index in [2.05, 4.69) is 9.36 Å². The average molecular weight is 281 g/mol. The quantitative estimate of drug-likeness (QED) is 0.935. The maximum Gasteiger partial charge on any atom is 0.337 e. The van der Waals surface area contributed by atoms with Gasteiger partial charge in [0.1, 0.15) is 10.8 Å². The zero-order chi connectivity index (χ0) is 12.7. The van der Waals surface area contributed by atoms with E-state index in [1.54, 1.807) is 18.2 Å². The van der Waals surface area contributed by atoms with Crippen molar-refractivity contribution in [3.05, 3.63) is 34.6 Å². The normalized spacial score (nSPS) is 14.7. The van der Waals surface area contributed by atoms with Gasteiger partial charge in [-0.05, 0) is 36.5 Å². The molecule has 1 aliphatic carbocycles. The Morgan fingerprint density at radius 3 is 2.89 bits per heavy atom. The number of aromatic carboxylic acids is 1. The summed E-state index contributed by atoms with van der Waals surface area (Å²) in [6.07, 6.45) is 2.30. The summed E-state index contributed by atoms with van der Waals surface area (Å²) in [5.41, 5.74) is 0.846. The van der Waals surface area contributed by atoms with E-state index in [0.29, 0.717) is 5.92 Å². The molecule has 0 amide bonds. The fourth-order valence-electron chi connectivity index (χ4n) is 1.68. The van der Waals surface area contributed by atoms with Crippen molar-refractivity contribution in [2.45, 2.75) is 18.8 Å². The molecule has 2 aromatic rings. The van der Waals surface area contributed by atoms with Crippen molar-refractivity contribution in [3.8, 4) is 10.6 Å². The molecule has 0 bridgehead atoms. The van der Waals surface area contributed by atoms with Crippen LogP contribution in [0.15, 0.2) is 18.2 Å². The van der Waals surface area contributed by atoms with Gasteiger partial charge < -0.3 is 5.11 Å². The molecule has 1 fully saturated rings. The summed E-state index contributed by atoms with van der Waals surface area (Å²) in [7, 11) is 0. The predicted octanol–water partition coefficient (Wildman–Crippen LogP) is 3.43. The number of hydrogen-bond donors (Lipinski definition) is 1. The number of rotatable bonds is 3. The highest BCUT2D eigenvalue weighted by atomic mass is 35.5. The molecule has 0 saturated heterocycles. The second kappa shape index (κ2) is 4.33. The second-order valence-electron chi connectivity index (χ2n) is 4.23. The Morgan fingerprint density at radius 1 is 1.44 bits per heavy atom. The summed E-state index contributed by atoms with van der Waals surface area (Å²) in [4.78, 5) is 15.5. The van der Waals surface area contributed by atoms with Crippen LogP contribution in [-0.4, -0.2) is 20.4 Å². The van der Waals surface area contributed by atoms with Crippen LogP contribution in [0, 0.1) is 0 Å². The fourth-order valence-corrected chi connectivity index (χ4v) is 2.62. The van der Waals surface area contributed by atoms with Gasteiger partial charge in [0, 0.05) is 11.5 Å². The Kier molecular flexibility index (Phi) is 2.80.